The molecule has 3 rings (SSSR count). The van der Waals surface area contributed by atoms with Gasteiger partial charge in [-0.25, -0.2) is 4.39 Å². The van der Waals surface area contributed by atoms with Crippen LogP contribution in [0.5, 0.6) is 0 Å². The maximum atomic E-state index is 14.8. The van der Waals surface area contributed by atoms with Gasteiger partial charge in [-0.3, -0.25) is 29.4 Å². The quantitative estimate of drug-likeness (QED) is 0.753. The van der Waals surface area contributed by atoms with Crippen molar-refractivity contribution in [1.82, 2.24) is 10.2 Å². The first-order valence-corrected chi connectivity index (χ1v) is 9.54. The van der Waals surface area contributed by atoms with Crippen molar-refractivity contribution < 1.29 is 23.6 Å². The van der Waals surface area contributed by atoms with Crippen molar-refractivity contribution in [3.8, 4) is 0 Å². The van der Waals surface area contributed by atoms with E-state index in [4.69, 9.17) is 0 Å². The van der Waals surface area contributed by atoms with Crippen molar-refractivity contribution in [2.24, 2.45) is 5.92 Å². The molecule has 2 heterocycles. The van der Waals surface area contributed by atoms with Crippen LogP contribution in [-0.2, 0) is 9.59 Å². The number of nitrogens with zero attached hydrogens (tertiary/aromatic N) is 2. The molecule has 1 atom stereocenters. The minimum absolute atomic E-state index is 0.0439. The number of nitrogens with one attached hydrogen (secondary N) is 1. The second-order valence-corrected chi connectivity index (χ2v) is 7.56. The first kappa shape index (κ1) is 20.0. The number of benzene rings is 1. The van der Waals surface area contributed by atoms with Gasteiger partial charge in [-0.15, -0.1) is 0 Å². The van der Waals surface area contributed by atoms with Crippen LogP contribution in [0.2, 0.25) is 0 Å². The number of hydrogen-bond acceptors (Lipinski definition) is 5. The van der Waals surface area contributed by atoms with Gasteiger partial charge in [0.25, 0.3) is 11.8 Å². The standard InChI is InChI=1S/C20H24FN3O4/c1-4-23(8-7-11(2)3)16-10-13-12(9-14(16)21)19(27)24(20(13)28)15-5-6-17(25)22-18(15)26/h9-11,15H,4-8H2,1-3H3,(H,22,25,26). The molecule has 1 N–H and O–H groups in total. The lowest BCUT2D eigenvalue weighted by molar-refractivity contribution is -0.136. The Bertz CT molecular complexity index is 852. The van der Waals surface area contributed by atoms with Gasteiger partial charge in [-0.05, 0) is 37.8 Å². The molecule has 1 saturated heterocycles. The average molecular weight is 389 g/mol. The predicted molar refractivity (Wildman–Crippen MR) is 100 cm³/mol. The van der Waals surface area contributed by atoms with Gasteiger partial charge in [0.05, 0.1) is 16.8 Å². The van der Waals surface area contributed by atoms with Crippen molar-refractivity contribution in [2.45, 2.75) is 46.1 Å². The summed E-state index contributed by atoms with van der Waals surface area (Å²) < 4.78 is 14.8. The molecule has 0 radical (unpaired) electrons. The number of rotatable bonds is 6. The Morgan fingerprint density at radius 1 is 1.18 bits per heavy atom. The third kappa shape index (κ3) is 3.50. The molecule has 0 saturated carbocycles. The van der Waals surface area contributed by atoms with Crippen LogP contribution in [0.4, 0.5) is 10.1 Å². The molecule has 150 valence electrons. The maximum Gasteiger partial charge on any atom is 0.262 e. The lowest BCUT2D eigenvalue weighted by Gasteiger charge is -2.27. The normalized spacial score (nSPS) is 19.3. The van der Waals surface area contributed by atoms with Gasteiger partial charge >= 0.3 is 0 Å². The summed E-state index contributed by atoms with van der Waals surface area (Å²) in [5, 5.41) is 2.15. The SMILES string of the molecule is CCN(CCC(C)C)c1cc2c(cc1F)C(=O)N(C1CCC(=O)NC1=O)C2=O. The van der Waals surface area contributed by atoms with E-state index in [0.717, 1.165) is 17.4 Å². The number of amides is 4. The van der Waals surface area contributed by atoms with E-state index in [1.54, 1.807) is 0 Å². The van der Waals surface area contributed by atoms with E-state index in [9.17, 15) is 23.6 Å². The molecule has 1 fully saturated rings. The summed E-state index contributed by atoms with van der Waals surface area (Å²) in [6.45, 7) is 7.24. The van der Waals surface area contributed by atoms with Gasteiger partial charge in [-0.2, -0.15) is 0 Å². The third-order valence-corrected chi connectivity index (χ3v) is 5.21. The Balaban J connectivity index is 1.92. The smallest absolute Gasteiger partial charge is 0.262 e. The number of carbonyl (C=O) groups is 4. The average Bonchev–Trinajstić information content (AvgIpc) is 2.86. The Kier molecular flexibility index (Phi) is 5.49. The zero-order valence-electron chi connectivity index (χ0n) is 16.3. The molecule has 1 unspecified atom stereocenters. The van der Waals surface area contributed by atoms with E-state index in [1.807, 2.05) is 11.8 Å². The fourth-order valence-electron chi connectivity index (χ4n) is 3.58. The van der Waals surface area contributed by atoms with Crippen molar-refractivity contribution in [3.63, 3.8) is 0 Å². The van der Waals surface area contributed by atoms with Crippen LogP contribution in [-0.4, -0.2) is 47.7 Å². The number of imide groups is 2. The monoisotopic (exact) mass is 389 g/mol. The Morgan fingerprint density at radius 3 is 2.39 bits per heavy atom. The second kappa shape index (κ2) is 7.69. The van der Waals surface area contributed by atoms with Gasteiger partial charge in [0, 0.05) is 19.5 Å². The zero-order valence-corrected chi connectivity index (χ0v) is 16.3. The summed E-state index contributed by atoms with van der Waals surface area (Å²) in [5.41, 5.74) is 0.318. The van der Waals surface area contributed by atoms with Crippen molar-refractivity contribution in [2.75, 3.05) is 18.0 Å². The number of carbonyl (C=O) groups excluding carboxylic acids is 4. The lowest BCUT2D eigenvalue weighted by Crippen LogP contribution is -2.54. The summed E-state index contributed by atoms with van der Waals surface area (Å²) in [5.74, 6) is -2.58. The molecule has 4 amide bonds. The summed E-state index contributed by atoms with van der Waals surface area (Å²) in [6.07, 6.45) is 0.975. The molecule has 1 aromatic carbocycles. The molecule has 2 aliphatic heterocycles. The van der Waals surface area contributed by atoms with Crippen LogP contribution < -0.4 is 10.2 Å². The first-order chi connectivity index (χ1) is 13.2. The van der Waals surface area contributed by atoms with E-state index < -0.39 is 35.5 Å². The minimum Gasteiger partial charge on any atom is -0.369 e. The largest absolute Gasteiger partial charge is 0.369 e. The van der Waals surface area contributed by atoms with Crippen LogP contribution >= 0.6 is 0 Å². The van der Waals surface area contributed by atoms with Gasteiger partial charge < -0.3 is 4.90 Å². The molecule has 0 aromatic heterocycles. The summed E-state index contributed by atoms with van der Waals surface area (Å²) in [7, 11) is 0. The van der Waals surface area contributed by atoms with E-state index in [1.165, 1.54) is 6.07 Å². The van der Waals surface area contributed by atoms with E-state index >= 15 is 0 Å². The topological polar surface area (TPSA) is 86.8 Å². The van der Waals surface area contributed by atoms with Gasteiger partial charge in [0.1, 0.15) is 11.9 Å². The molecule has 0 aliphatic carbocycles. The maximum absolute atomic E-state index is 14.8. The first-order valence-electron chi connectivity index (χ1n) is 9.54. The third-order valence-electron chi connectivity index (χ3n) is 5.21. The summed E-state index contributed by atoms with van der Waals surface area (Å²) in [6, 6.07) is 1.43. The van der Waals surface area contributed by atoms with Crippen molar-refractivity contribution >= 4 is 29.3 Å². The molecular formula is C20H24FN3O4. The minimum atomic E-state index is -1.06. The molecule has 1 aromatic rings. The number of hydrogen-bond donors (Lipinski definition) is 1. The molecule has 0 spiro atoms. The Hall–Kier alpha value is -2.77. The van der Waals surface area contributed by atoms with Crippen LogP contribution in [0.15, 0.2) is 12.1 Å². The predicted octanol–water partition coefficient (Wildman–Crippen LogP) is 2.10. The van der Waals surface area contributed by atoms with Gasteiger partial charge in [0.2, 0.25) is 11.8 Å². The fraction of sp³-hybridized carbons (Fsp3) is 0.500. The number of fused-ring (bicyclic) bond motifs is 1. The fourth-order valence-corrected chi connectivity index (χ4v) is 3.58. The molecule has 28 heavy (non-hydrogen) atoms. The lowest BCUT2D eigenvalue weighted by atomic mass is 10.0. The van der Waals surface area contributed by atoms with Crippen molar-refractivity contribution in [1.29, 1.82) is 0 Å². The zero-order chi connectivity index (χ0) is 20.6. The van der Waals surface area contributed by atoms with Gasteiger partial charge in [-0.1, -0.05) is 13.8 Å². The highest BCUT2D eigenvalue weighted by molar-refractivity contribution is 6.23. The molecule has 7 nitrogen and oxygen atoms in total. The van der Waals surface area contributed by atoms with E-state index in [2.05, 4.69) is 19.2 Å². The number of piperidine rings is 1. The van der Waals surface area contributed by atoms with Crippen molar-refractivity contribution in [3.05, 3.63) is 29.1 Å². The summed E-state index contributed by atoms with van der Waals surface area (Å²) >= 11 is 0. The Labute approximate surface area is 162 Å². The molecule has 2 aliphatic rings. The number of halogens is 1. The molecular weight excluding hydrogens is 365 g/mol. The Morgan fingerprint density at radius 2 is 1.82 bits per heavy atom. The molecule has 8 heteroatoms. The summed E-state index contributed by atoms with van der Waals surface area (Å²) in [4.78, 5) is 51.7. The van der Waals surface area contributed by atoms with E-state index in [-0.39, 0.29) is 29.7 Å². The van der Waals surface area contributed by atoms with Gasteiger partial charge in [0.15, 0.2) is 0 Å². The van der Waals surface area contributed by atoms with E-state index in [0.29, 0.717) is 19.0 Å². The highest BCUT2D eigenvalue weighted by atomic mass is 19.1. The highest BCUT2D eigenvalue weighted by Crippen LogP contribution is 2.32. The van der Waals surface area contributed by atoms with Crippen LogP contribution in [0, 0.1) is 11.7 Å². The highest BCUT2D eigenvalue weighted by Gasteiger charge is 2.45. The number of anilines is 1. The second-order valence-electron chi connectivity index (χ2n) is 7.56. The van der Waals surface area contributed by atoms with Crippen LogP contribution in [0.25, 0.3) is 0 Å². The molecule has 0 bridgehead atoms. The van der Waals surface area contributed by atoms with Crippen LogP contribution in [0.1, 0.15) is 60.7 Å². The van der Waals surface area contributed by atoms with Crippen LogP contribution in [0.3, 0.4) is 0 Å².